The second-order valence-electron chi connectivity index (χ2n) is 5.23. The van der Waals surface area contributed by atoms with Crippen molar-refractivity contribution in [2.75, 3.05) is 12.3 Å². The van der Waals surface area contributed by atoms with Gasteiger partial charge in [0, 0.05) is 11.2 Å². The topological polar surface area (TPSA) is 81.4 Å². The maximum absolute atomic E-state index is 12.6. The number of nitrogens with two attached hydrogens (primary N) is 1. The third-order valence-corrected chi connectivity index (χ3v) is 5.50. The fraction of sp³-hybridized carbons (Fsp3) is 0.571. The first-order valence-electron chi connectivity index (χ1n) is 6.99. The van der Waals surface area contributed by atoms with Gasteiger partial charge in [0.2, 0.25) is 10.0 Å². The number of benzene rings is 1. The number of hydrogen-bond acceptors (Lipinski definition) is 4. The van der Waals surface area contributed by atoms with Crippen molar-refractivity contribution >= 4 is 15.7 Å². The summed E-state index contributed by atoms with van der Waals surface area (Å²) in [5.41, 5.74) is 5.83. The number of ether oxygens (including phenoxy) is 1. The first-order chi connectivity index (χ1) is 9.42. The Morgan fingerprint density at radius 1 is 1.35 bits per heavy atom. The molecule has 0 amide bonds. The van der Waals surface area contributed by atoms with E-state index < -0.39 is 10.0 Å². The molecule has 1 aliphatic rings. The summed E-state index contributed by atoms with van der Waals surface area (Å²) >= 11 is 0. The van der Waals surface area contributed by atoms with Crippen LogP contribution >= 0.6 is 0 Å². The monoisotopic (exact) mass is 298 g/mol. The molecule has 0 heterocycles. The highest BCUT2D eigenvalue weighted by molar-refractivity contribution is 7.89. The summed E-state index contributed by atoms with van der Waals surface area (Å²) in [5, 5.41) is 0. The van der Waals surface area contributed by atoms with Crippen molar-refractivity contribution in [3.63, 3.8) is 0 Å². The highest BCUT2D eigenvalue weighted by atomic mass is 32.2. The number of hydrogen-bond donors (Lipinski definition) is 2. The van der Waals surface area contributed by atoms with Gasteiger partial charge >= 0.3 is 0 Å². The average Bonchev–Trinajstić information content (AvgIpc) is 2.36. The quantitative estimate of drug-likeness (QED) is 0.789. The Morgan fingerprint density at radius 3 is 2.55 bits per heavy atom. The third-order valence-electron chi connectivity index (χ3n) is 3.90. The lowest BCUT2D eigenvalue weighted by atomic mass is 9.76. The summed E-state index contributed by atoms with van der Waals surface area (Å²) in [4.78, 5) is 0.124. The Bertz CT molecular complexity index is 575. The van der Waals surface area contributed by atoms with E-state index in [0.717, 1.165) is 25.7 Å². The molecule has 5 nitrogen and oxygen atoms in total. The van der Waals surface area contributed by atoms with Crippen molar-refractivity contribution in [1.29, 1.82) is 0 Å². The normalized spacial score (nSPS) is 17.5. The number of nitrogen functional groups attached to an aromatic ring is 1. The highest BCUT2D eigenvalue weighted by Gasteiger charge is 2.39. The van der Waals surface area contributed by atoms with Crippen LogP contribution in [0, 0.1) is 0 Å². The Kier molecular flexibility index (Phi) is 4.25. The lowest BCUT2D eigenvalue weighted by Crippen LogP contribution is -2.52. The zero-order valence-electron chi connectivity index (χ0n) is 12.0. The number of sulfonamides is 1. The molecule has 3 N–H and O–H groups in total. The van der Waals surface area contributed by atoms with Gasteiger partial charge in [0.1, 0.15) is 10.6 Å². The minimum Gasteiger partial charge on any atom is -0.492 e. The van der Waals surface area contributed by atoms with Crippen molar-refractivity contribution in [3.8, 4) is 5.75 Å². The van der Waals surface area contributed by atoms with Crippen molar-refractivity contribution in [3.05, 3.63) is 18.2 Å². The van der Waals surface area contributed by atoms with Crippen LogP contribution in [-0.2, 0) is 10.0 Å². The number of anilines is 1. The standard InChI is InChI=1S/C14H22N2O3S/c1-3-14(8-5-9-14)16-20(17,18)13-10-11(15)6-7-12(13)19-4-2/h6-7,10,16H,3-5,8-9,15H2,1-2H3. The molecule has 0 spiro atoms. The summed E-state index contributed by atoms with van der Waals surface area (Å²) in [6.07, 6.45) is 3.62. The van der Waals surface area contributed by atoms with Crippen LogP contribution in [-0.4, -0.2) is 20.6 Å². The molecule has 1 aromatic carbocycles. The SMILES string of the molecule is CCOc1ccc(N)cc1S(=O)(=O)NC1(CC)CCC1. The molecule has 2 rings (SSSR count). The lowest BCUT2D eigenvalue weighted by Gasteiger charge is -2.41. The van der Waals surface area contributed by atoms with Crippen LogP contribution in [0.5, 0.6) is 5.75 Å². The van der Waals surface area contributed by atoms with Crippen LogP contribution in [0.25, 0.3) is 0 Å². The molecule has 6 heteroatoms. The van der Waals surface area contributed by atoms with Gasteiger partial charge < -0.3 is 10.5 Å². The number of rotatable bonds is 6. The first kappa shape index (κ1) is 15.1. The van der Waals surface area contributed by atoms with Gasteiger partial charge in [0.05, 0.1) is 6.61 Å². The van der Waals surface area contributed by atoms with Crippen LogP contribution < -0.4 is 15.2 Å². The summed E-state index contributed by atoms with van der Waals surface area (Å²) in [6, 6.07) is 4.70. The zero-order valence-corrected chi connectivity index (χ0v) is 12.8. The molecule has 0 unspecified atom stereocenters. The molecule has 0 aromatic heterocycles. The van der Waals surface area contributed by atoms with E-state index in [0.29, 0.717) is 18.0 Å². The summed E-state index contributed by atoms with van der Waals surface area (Å²) in [6.45, 7) is 4.23. The second-order valence-corrected chi connectivity index (χ2v) is 6.88. The van der Waals surface area contributed by atoms with Crippen LogP contribution in [0.15, 0.2) is 23.1 Å². The Balaban J connectivity index is 2.35. The Hall–Kier alpha value is -1.27. The minimum atomic E-state index is -3.62. The maximum Gasteiger partial charge on any atom is 0.244 e. The smallest absolute Gasteiger partial charge is 0.244 e. The molecule has 1 aliphatic carbocycles. The first-order valence-corrected chi connectivity index (χ1v) is 8.47. The van der Waals surface area contributed by atoms with Gasteiger partial charge in [0.15, 0.2) is 0 Å². The van der Waals surface area contributed by atoms with E-state index in [2.05, 4.69) is 4.72 Å². The van der Waals surface area contributed by atoms with Crippen LogP contribution in [0.4, 0.5) is 5.69 Å². The van der Waals surface area contributed by atoms with Crippen molar-refractivity contribution < 1.29 is 13.2 Å². The van der Waals surface area contributed by atoms with Gasteiger partial charge in [-0.1, -0.05) is 6.92 Å². The van der Waals surface area contributed by atoms with E-state index in [4.69, 9.17) is 10.5 Å². The van der Waals surface area contributed by atoms with Crippen molar-refractivity contribution in [2.45, 2.75) is 50.0 Å². The highest BCUT2D eigenvalue weighted by Crippen LogP contribution is 2.37. The van der Waals surface area contributed by atoms with Gasteiger partial charge in [-0.05, 0) is 50.8 Å². The molecular formula is C14H22N2O3S. The molecule has 0 saturated heterocycles. The zero-order chi connectivity index (χ0) is 14.8. The van der Waals surface area contributed by atoms with Crippen LogP contribution in [0.2, 0.25) is 0 Å². The number of nitrogens with one attached hydrogen (secondary N) is 1. The molecule has 0 bridgehead atoms. The second kappa shape index (κ2) is 5.61. The molecule has 112 valence electrons. The summed E-state index contributed by atoms with van der Waals surface area (Å²) < 4.78 is 33.4. The van der Waals surface area contributed by atoms with Crippen LogP contribution in [0.1, 0.15) is 39.5 Å². The van der Waals surface area contributed by atoms with E-state index in [-0.39, 0.29) is 10.4 Å². The summed E-state index contributed by atoms with van der Waals surface area (Å²) in [7, 11) is -3.62. The molecule has 1 fully saturated rings. The molecule has 20 heavy (non-hydrogen) atoms. The van der Waals surface area contributed by atoms with Gasteiger partial charge in [-0.3, -0.25) is 0 Å². The maximum atomic E-state index is 12.6. The molecule has 1 aromatic rings. The van der Waals surface area contributed by atoms with E-state index >= 15 is 0 Å². The molecule has 0 radical (unpaired) electrons. The van der Waals surface area contributed by atoms with E-state index in [1.807, 2.05) is 13.8 Å². The fourth-order valence-electron chi connectivity index (χ4n) is 2.48. The van der Waals surface area contributed by atoms with E-state index in [9.17, 15) is 8.42 Å². The van der Waals surface area contributed by atoms with Crippen LogP contribution in [0.3, 0.4) is 0 Å². The average molecular weight is 298 g/mol. The Labute approximate surface area is 120 Å². The fourth-order valence-corrected chi connectivity index (χ4v) is 4.19. The van der Waals surface area contributed by atoms with Crippen molar-refractivity contribution in [1.82, 2.24) is 4.72 Å². The van der Waals surface area contributed by atoms with E-state index in [1.54, 1.807) is 12.1 Å². The van der Waals surface area contributed by atoms with Gasteiger partial charge in [-0.25, -0.2) is 13.1 Å². The van der Waals surface area contributed by atoms with Gasteiger partial charge in [0.25, 0.3) is 0 Å². The minimum absolute atomic E-state index is 0.124. The molecule has 0 aliphatic heterocycles. The van der Waals surface area contributed by atoms with Crippen molar-refractivity contribution in [2.24, 2.45) is 0 Å². The van der Waals surface area contributed by atoms with Gasteiger partial charge in [-0.2, -0.15) is 0 Å². The largest absolute Gasteiger partial charge is 0.492 e. The summed E-state index contributed by atoms with van der Waals surface area (Å²) in [5.74, 6) is 0.347. The van der Waals surface area contributed by atoms with E-state index in [1.165, 1.54) is 6.07 Å². The Morgan fingerprint density at radius 2 is 2.05 bits per heavy atom. The predicted octanol–water partition coefficient (Wildman–Crippen LogP) is 2.28. The molecule has 0 atom stereocenters. The third kappa shape index (κ3) is 2.91. The lowest BCUT2D eigenvalue weighted by molar-refractivity contribution is 0.213. The predicted molar refractivity (Wildman–Crippen MR) is 79.2 cm³/mol. The van der Waals surface area contributed by atoms with Gasteiger partial charge in [-0.15, -0.1) is 0 Å². The molecule has 1 saturated carbocycles. The molecular weight excluding hydrogens is 276 g/mol.